The van der Waals surface area contributed by atoms with Crippen LogP contribution in [0.5, 0.6) is 0 Å². The number of aliphatic hydroxyl groups excluding tert-OH is 1. The molecule has 1 atom stereocenters. The molecule has 6 heteroatoms. The highest BCUT2D eigenvalue weighted by atomic mass is 16.4. The van der Waals surface area contributed by atoms with E-state index in [9.17, 15) is 19.8 Å². The maximum absolute atomic E-state index is 12.4. The van der Waals surface area contributed by atoms with Gasteiger partial charge in [0.2, 0.25) is 5.91 Å². The topological polar surface area (TPSA) is 98.7 Å². The Morgan fingerprint density at radius 3 is 2.54 bits per heavy atom. The van der Waals surface area contributed by atoms with Crippen LogP contribution in [0.3, 0.4) is 0 Å². The smallest absolute Gasteiger partial charge is 0.311 e. The molecule has 1 amide bonds. The van der Waals surface area contributed by atoms with Crippen molar-refractivity contribution >= 4 is 28.2 Å². The van der Waals surface area contributed by atoms with E-state index in [1.54, 1.807) is 12.3 Å². The van der Waals surface area contributed by atoms with Crippen LogP contribution in [-0.4, -0.2) is 34.7 Å². The van der Waals surface area contributed by atoms with Crippen LogP contribution >= 0.6 is 0 Å². The summed E-state index contributed by atoms with van der Waals surface area (Å²) in [5, 5.41) is 27.6. The molecule has 6 nitrogen and oxygen atoms in total. The van der Waals surface area contributed by atoms with Gasteiger partial charge >= 0.3 is 5.97 Å². The summed E-state index contributed by atoms with van der Waals surface area (Å²) < 4.78 is 0. The van der Waals surface area contributed by atoms with Gasteiger partial charge in [-0.1, -0.05) is 42.8 Å². The molecule has 2 aromatic rings. The van der Waals surface area contributed by atoms with Crippen molar-refractivity contribution in [2.24, 2.45) is 5.41 Å². The van der Waals surface area contributed by atoms with E-state index >= 15 is 0 Å². The molecule has 4 N–H and O–H groups in total. The van der Waals surface area contributed by atoms with E-state index < -0.39 is 23.3 Å². The van der Waals surface area contributed by atoms with Crippen LogP contribution in [0, 0.1) is 5.41 Å². The van der Waals surface area contributed by atoms with Crippen LogP contribution < -0.4 is 10.6 Å². The monoisotopic (exact) mass is 378 g/mol. The molecule has 2 aromatic carbocycles. The molecule has 4 rings (SSSR count). The average molecular weight is 378 g/mol. The molecule has 0 spiro atoms. The Kier molecular flexibility index (Phi) is 4.55. The first-order chi connectivity index (χ1) is 13.5. The van der Waals surface area contributed by atoms with Gasteiger partial charge in [0, 0.05) is 18.3 Å². The number of nitrogens with one attached hydrogen (secondary N) is 2. The summed E-state index contributed by atoms with van der Waals surface area (Å²) in [6.45, 7) is 0.0773. The van der Waals surface area contributed by atoms with Crippen molar-refractivity contribution in [2.45, 2.75) is 25.3 Å². The number of aliphatic carboxylic acids is 1. The van der Waals surface area contributed by atoms with Crippen molar-refractivity contribution in [3.8, 4) is 0 Å². The Bertz CT molecular complexity index is 1000. The highest BCUT2D eigenvalue weighted by molar-refractivity contribution is 5.91. The lowest BCUT2D eigenvalue weighted by atomic mass is 9.69. The first-order valence-corrected chi connectivity index (χ1v) is 9.36. The number of carboxylic acid groups (broad SMARTS) is 1. The summed E-state index contributed by atoms with van der Waals surface area (Å²) in [6, 6.07) is 13.1. The molecule has 1 aliphatic carbocycles. The van der Waals surface area contributed by atoms with E-state index in [0.29, 0.717) is 12.8 Å². The molecule has 0 radical (unpaired) electrons. The molecule has 1 unspecified atom stereocenters. The summed E-state index contributed by atoms with van der Waals surface area (Å²) >= 11 is 0. The normalized spacial score (nSPS) is 20.4. The van der Waals surface area contributed by atoms with Crippen molar-refractivity contribution in [1.29, 1.82) is 0 Å². The third-order valence-corrected chi connectivity index (χ3v) is 5.71. The minimum absolute atomic E-state index is 0.0773. The first kappa shape index (κ1) is 18.1. The van der Waals surface area contributed by atoms with Crippen LogP contribution in [0.2, 0.25) is 0 Å². The SMILES string of the molecule is O=C(NCC1(C(=O)O)CCC1)C1NC=C(c2ccc3ccccc3c2)C=C1O. The van der Waals surface area contributed by atoms with Gasteiger partial charge in [-0.15, -0.1) is 0 Å². The molecule has 28 heavy (non-hydrogen) atoms. The van der Waals surface area contributed by atoms with Gasteiger partial charge in [0.05, 0.1) is 5.41 Å². The molecule has 0 aromatic heterocycles. The summed E-state index contributed by atoms with van der Waals surface area (Å²) in [7, 11) is 0. The molecule has 144 valence electrons. The number of hydrogen-bond donors (Lipinski definition) is 4. The predicted molar refractivity (Wildman–Crippen MR) is 106 cm³/mol. The number of hydrogen-bond acceptors (Lipinski definition) is 4. The lowest BCUT2D eigenvalue weighted by molar-refractivity contribution is -0.154. The summed E-state index contributed by atoms with van der Waals surface area (Å²) in [4.78, 5) is 23.9. The van der Waals surface area contributed by atoms with Crippen LogP contribution in [-0.2, 0) is 9.59 Å². The van der Waals surface area contributed by atoms with Crippen molar-refractivity contribution < 1.29 is 19.8 Å². The van der Waals surface area contributed by atoms with Crippen LogP contribution in [0.1, 0.15) is 24.8 Å². The summed E-state index contributed by atoms with van der Waals surface area (Å²) in [5.74, 6) is -1.41. The van der Waals surface area contributed by atoms with Gasteiger partial charge in [-0.3, -0.25) is 9.59 Å². The standard InChI is InChI=1S/C22H22N2O4/c25-18-11-17(16-7-6-14-4-1-2-5-15(14)10-16)12-23-19(18)20(26)24-13-22(21(27)28)8-3-9-22/h1-2,4-7,10-12,19,23,25H,3,8-9,13H2,(H,24,26)(H,27,28). The highest BCUT2D eigenvalue weighted by Crippen LogP contribution is 2.40. The van der Waals surface area contributed by atoms with Crippen molar-refractivity contribution in [3.63, 3.8) is 0 Å². The third-order valence-electron chi connectivity index (χ3n) is 5.71. The zero-order valence-electron chi connectivity index (χ0n) is 15.3. The second-order valence-corrected chi connectivity index (χ2v) is 7.49. The molecule has 1 aliphatic heterocycles. The van der Waals surface area contributed by atoms with Gasteiger partial charge in [-0.25, -0.2) is 0 Å². The number of rotatable bonds is 5. The Morgan fingerprint density at radius 1 is 1.14 bits per heavy atom. The quantitative estimate of drug-likeness (QED) is 0.641. The molecule has 1 saturated carbocycles. The largest absolute Gasteiger partial charge is 0.510 e. The van der Waals surface area contributed by atoms with Crippen LogP contribution in [0.25, 0.3) is 16.3 Å². The predicted octanol–water partition coefficient (Wildman–Crippen LogP) is 2.97. The Morgan fingerprint density at radius 2 is 1.89 bits per heavy atom. The molecular formula is C22H22N2O4. The first-order valence-electron chi connectivity index (χ1n) is 9.36. The third kappa shape index (κ3) is 3.22. The van der Waals surface area contributed by atoms with E-state index in [-0.39, 0.29) is 12.3 Å². The Hall–Kier alpha value is -3.28. The van der Waals surface area contributed by atoms with E-state index in [1.165, 1.54) is 0 Å². The highest BCUT2D eigenvalue weighted by Gasteiger charge is 2.44. The number of dihydropyridines is 1. The van der Waals surface area contributed by atoms with E-state index in [0.717, 1.165) is 28.3 Å². The van der Waals surface area contributed by atoms with Crippen LogP contribution in [0.4, 0.5) is 0 Å². The van der Waals surface area contributed by atoms with E-state index in [1.807, 2.05) is 42.5 Å². The average Bonchev–Trinajstić information content (AvgIpc) is 2.66. The van der Waals surface area contributed by atoms with Crippen molar-refractivity contribution in [1.82, 2.24) is 10.6 Å². The van der Waals surface area contributed by atoms with E-state index in [2.05, 4.69) is 10.6 Å². The number of benzene rings is 2. The van der Waals surface area contributed by atoms with Crippen molar-refractivity contribution in [2.75, 3.05) is 6.54 Å². The fourth-order valence-electron chi connectivity index (χ4n) is 3.72. The maximum atomic E-state index is 12.4. The van der Waals surface area contributed by atoms with Gasteiger partial charge in [0.1, 0.15) is 5.76 Å². The number of fused-ring (bicyclic) bond motifs is 1. The second kappa shape index (κ2) is 7.03. The second-order valence-electron chi connectivity index (χ2n) is 7.49. The molecule has 0 saturated heterocycles. The minimum Gasteiger partial charge on any atom is -0.510 e. The number of amides is 1. The number of aliphatic hydroxyl groups is 1. The maximum Gasteiger partial charge on any atom is 0.311 e. The zero-order chi connectivity index (χ0) is 19.7. The number of carbonyl (C=O) groups excluding carboxylic acids is 1. The van der Waals surface area contributed by atoms with Gasteiger partial charge < -0.3 is 20.8 Å². The Balaban J connectivity index is 1.45. The summed E-state index contributed by atoms with van der Waals surface area (Å²) in [5.41, 5.74) is 0.833. The van der Waals surface area contributed by atoms with Gasteiger partial charge in [-0.2, -0.15) is 0 Å². The van der Waals surface area contributed by atoms with Gasteiger partial charge in [0.15, 0.2) is 6.04 Å². The lowest BCUT2D eigenvalue weighted by Gasteiger charge is -2.38. The minimum atomic E-state index is -0.921. The Labute approximate surface area is 162 Å². The fourth-order valence-corrected chi connectivity index (χ4v) is 3.72. The lowest BCUT2D eigenvalue weighted by Crippen LogP contribution is -2.52. The molecular weight excluding hydrogens is 356 g/mol. The van der Waals surface area contributed by atoms with Gasteiger partial charge in [-0.05, 0) is 41.3 Å². The zero-order valence-corrected chi connectivity index (χ0v) is 15.3. The molecule has 0 bridgehead atoms. The van der Waals surface area contributed by atoms with Gasteiger partial charge in [0.25, 0.3) is 0 Å². The number of carbonyl (C=O) groups is 2. The molecule has 1 fully saturated rings. The van der Waals surface area contributed by atoms with Crippen molar-refractivity contribution in [3.05, 3.63) is 66.1 Å². The summed E-state index contributed by atoms with van der Waals surface area (Å²) in [6.07, 6.45) is 5.25. The molecule has 1 heterocycles. The molecule has 2 aliphatic rings. The number of allylic oxidation sites excluding steroid dienone is 2. The number of carboxylic acids is 1. The van der Waals surface area contributed by atoms with E-state index in [4.69, 9.17) is 0 Å². The van der Waals surface area contributed by atoms with Crippen LogP contribution in [0.15, 0.2) is 60.5 Å². The fraction of sp³-hybridized carbons (Fsp3) is 0.273.